The maximum absolute atomic E-state index is 11.6. The second-order valence-electron chi connectivity index (χ2n) is 6.35. The number of azide groups is 3. The van der Waals surface area contributed by atoms with Crippen LogP contribution >= 0.6 is 0 Å². The van der Waals surface area contributed by atoms with Crippen molar-refractivity contribution in [2.24, 2.45) is 15.3 Å². The van der Waals surface area contributed by atoms with Crippen molar-refractivity contribution < 1.29 is 38.3 Å². The molecule has 17 nitrogen and oxygen atoms in total. The van der Waals surface area contributed by atoms with Crippen LogP contribution in [0.2, 0.25) is 0 Å². The fourth-order valence-corrected chi connectivity index (χ4v) is 2.44. The van der Waals surface area contributed by atoms with Gasteiger partial charge in [0.1, 0.15) is 19.8 Å². The summed E-state index contributed by atoms with van der Waals surface area (Å²) >= 11 is 0. The van der Waals surface area contributed by atoms with Gasteiger partial charge < -0.3 is 33.5 Å². The molecule has 0 aliphatic rings. The molecule has 0 aromatic heterocycles. The summed E-state index contributed by atoms with van der Waals surface area (Å²) < 4.78 is 33.0. The molecule has 1 aromatic carbocycles. The van der Waals surface area contributed by atoms with Crippen molar-refractivity contribution in [1.29, 1.82) is 0 Å². The van der Waals surface area contributed by atoms with Gasteiger partial charge in [-0.3, -0.25) is 0 Å². The summed E-state index contributed by atoms with van der Waals surface area (Å²) in [7, 11) is 0. The van der Waals surface area contributed by atoms with Gasteiger partial charge in [0.2, 0.25) is 5.75 Å². The number of aromatic carboxylic acids is 1. The van der Waals surface area contributed by atoms with Crippen molar-refractivity contribution in [1.82, 2.24) is 0 Å². The van der Waals surface area contributed by atoms with E-state index in [1.165, 1.54) is 12.1 Å². The molecule has 0 radical (unpaired) electrons. The van der Waals surface area contributed by atoms with Crippen LogP contribution in [0.25, 0.3) is 31.3 Å². The Morgan fingerprint density at radius 3 is 1.42 bits per heavy atom. The van der Waals surface area contributed by atoms with Crippen molar-refractivity contribution >= 4 is 5.97 Å². The first-order chi connectivity index (χ1) is 17.6. The lowest BCUT2D eigenvalue weighted by atomic mass is 10.2. The monoisotopic (exact) mass is 509 g/mol. The second-order valence-corrected chi connectivity index (χ2v) is 6.35. The van der Waals surface area contributed by atoms with E-state index in [-0.39, 0.29) is 102 Å². The molecule has 0 saturated carbocycles. The Kier molecular flexibility index (Phi) is 16.9. The lowest BCUT2D eigenvalue weighted by molar-refractivity contribution is 0.0693. The molecule has 1 aromatic rings. The highest BCUT2D eigenvalue weighted by atomic mass is 16.6. The lowest BCUT2D eigenvalue weighted by Crippen LogP contribution is -2.14. The molecule has 0 saturated heterocycles. The summed E-state index contributed by atoms with van der Waals surface area (Å²) in [5.41, 5.74) is 24.7. The summed E-state index contributed by atoms with van der Waals surface area (Å²) in [6, 6.07) is 2.59. The van der Waals surface area contributed by atoms with Crippen molar-refractivity contribution in [3.8, 4) is 17.2 Å². The number of benzene rings is 1. The quantitative estimate of drug-likeness (QED) is 0.105. The Morgan fingerprint density at radius 1 is 0.667 bits per heavy atom. The number of hydrogen-bond acceptors (Lipinski definition) is 10. The second kappa shape index (κ2) is 20.3. The van der Waals surface area contributed by atoms with Crippen LogP contribution in [0.5, 0.6) is 17.2 Å². The summed E-state index contributed by atoms with van der Waals surface area (Å²) in [5, 5.41) is 19.6. The van der Waals surface area contributed by atoms with Gasteiger partial charge >= 0.3 is 5.97 Å². The smallest absolute Gasteiger partial charge is 0.335 e. The van der Waals surface area contributed by atoms with Crippen LogP contribution in [0.1, 0.15) is 10.4 Å². The van der Waals surface area contributed by atoms with E-state index in [0.29, 0.717) is 0 Å². The molecule has 17 heteroatoms. The van der Waals surface area contributed by atoms with E-state index >= 15 is 0 Å². The van der Waals surface area contributed by atoms with E-state index in [9.17, 15) is 9.90 Å². The number of nitrogens with zero attached hydrogens (tertiary/aromatic N) is 9. The summed E-state index contributed by atoms with van der Waals surface area (Å²) in [6.45, 7) is 1.76. The molecule has 0 fully saturated rings. The minimum absolute atomic E-state index is 0.0559. The van der Waals surface area contributed by atoms with Gasteiger partial charge in [-0.25, -0.2) is 4.79 Å². The molecule has 0 unspecified atom stereocenters. The third-order valence-electron chi connectivity index (χ3n) is 3.91. The summed E-state index contributed by atoms with van der Waals surface area (Å²) in [6.07, 6.45) is 0. The molecule has 196 valence electrons. The minimum atomic E-state index is -1.20. The zero-order valence-electron chi connectivity index (χ0n) is 19.5. The molecule has 0 aliphatic heterocycles. The standard InChI is InChI=1S/C19H27N9O8/c20-26-23-1-4-31-7-10-34-16-13-15(19(29)30)14-17(35-11-8-32-5-2-24-27-21)18(16)36-12-9-33-6-3-25-28-22/h13-14H,1-12H2,(H,29,30). The van der Waals surface area contributed by atoms with Crippen LogP contribution in [0.15, 0.2) is 27.5 Å². The molecule has 1 rings (SSSR count). The topological polar surface area (TPSA) is 239 Å². The first-order valence-corrected chi connectivity index (χ1v) is 10.7. The van der Waals surface area contributed by atoms with Crippen LogP contribution in [0.3, 0.4) is 0 Å². The van der Waals surface area contributed by atoms with E-state index in [1.807, 2.05) is 0 Å². The van der Waals surface area contributed by atoms with Gasteiger partial charge in [-0.05, 0) is 28.7 Å². The van der Waals surface area contributed by atoms with Crippen molar-refractivity contribution in [3.63, 3.8) is 0 Å². The number of ether oxygens (including phenoxy) is 6. The highest BCUT2D eigenvalue weighted by Crippen LogP contribution is 2.39. The van der Waals surface area contributed by atoms with E-state index in [2.05, 4.69) is 30.1 Å². The van der Waals surface area contributed by atoms with Crippen molar-refractivity contribution in [3.05, 3.63) is 49.0 Å². The zero-order valence-corrected chi connectivity index (χ0v) is 19.5. The van der Waals surface area contributed by atoms with Crippen LogP contribution in [0.4, 0.5) is 0 Å². The average molecular weight is 509 g/mol. The third-order valence-corrected chi connectivity index (χ3v) is 3.91. The molecule has 0 atom stereocenters. The van der Waals surface area contributed by atoms with Crippen LogP contribution in [0, 0.1) is 0 Å². The number of carbonyl (C=O) groups is 1. The Bertz CT molecular complexity index is 894. The van der Waals surface area contributed by atoms with E-state index in [4.69, 9.17) is 45.0 Å². The number of rotatable bonds is 22. The van der Waals surface area contributed by atoms with Crippen LogP contribution in [-0.2, 0) is 14.2 Å². The van der Waals surface area contributed by atoms with Gasteiger partial charge in [0.25, 0.3) is 0 Å². The van der Waals surface area contributed by atoms with E-state index in [1.54, 1.807) is 0 Å². The fourth-order valence-electron chi connectivity index (χ4n) is 2.44. The number of carboxylic acids is 1. The summed E-state index contributed by atoms with van der Waals surface area (Å²) in [5.74, 6) is -0.820. The molecule has 0 heterocycles. The van der Waals surface area contributed by atoms with Gasteiger partial charge in [-0.1, -0.05) is 15.3 Å². The average Bonchev–Trinajstić information content (AvgIpc) is 2.87. The predicted octanol–water partition coefficient (Wildman–Crippen LogP) is 3.50. The maximum atomic E-state index is 11.6. The SMILES string of the molecule is [N-]=[N+]=NCCOCCOc1cc(C(=O)O)cc(OCCOCCN=[N+]=[N-])c1OCCOCCN=[N+]=[N-]. The van der Waals surface area contributed by atoms with E-state index < -0.39 is 5.97 Å². The molecule has 36 heavy (non-hydrogen) atoms. The molecule has 0 aliphatic carbocycles. The van der Waals surface area contributed by atoms with E-state index in [0.717, 1.165) is 0 Å². The number of hydrogen-bond donors (Lipinski definition) is 1. The Hall–Kier alpha value is -4.10. The molecule has 0 spiro atoms. The van der Waals surface area contributed by atoms with Crippen LogP contribution < -0.4 is 14.2 Å². The summed E-state index contributed by atoms with van der Waals surface area (Å²) in [4.78, 5) is 19.5. The normalized spacial score (nSPS) is 9.89. The Balaban J connectivity index is 2.86. The van der Waals surface area contributed by atoms with Crippen molar-refractivity contribution in [2.45, 2.75) is 0 Å². The van der Waals surface area contributed by atoms with Crippen LogP contribution in [-0.4, -0.2) is 90.2 Å². The Morgan fingerprint density at radius 2 is 1.06 bits per heavy atom. The van der Waals surface area contributed by atoms with Gasteiger partial charge in [-0.2, -0.15) is 0 Å². The predicted molar refractivity (Wildman–Crippen MR) is 124 cm³/mol. The highest BCUT2D eigenvalue weighted by Gasteiger charge is 2.19. The molecular formula is C19H27N9O8. The van der Waals surface area contributed by atoms with Gasteiger partial charge in [0.05, 0.1) is 45.2 Å². The van der Waals surface area contributed by atoms with Gasteiger partial charge in [0.15, 0.2) is 11.5 Å². The first kappa shape index (κ1) is 29.9. The zero-order chi connectivity index (χ0) is 26.3. The lowest BCUT2D eigenvalue weighted by Gasteiger charge is -2.18. The minimum Gasteiger partial charge on any atom is -0.487 e. The van der Waals surface area contributed by atoms with Gasteiger partial charge in [-0.15, -0.1) is 0 Å². The van der Waals surface area contributed by atoms with Crippen molar-refractivity contribution in [2.75, 3.05) is 79.1 Å². The molecule has 0 bridgehead atoms. The molecule has 1 N–H and O–H groups in total. The number of carboxylic acid groups (broad SMARTS) is 1. The third kappa shape index (κ3) is 13.6. The maximum Gasteiger partial charge on any atom is 0.335 e. The van der Waals surface area contributed by atoms with Gasteiger partial charge in [0, 0.05) is 34.4 Å². The first-order valence-electron chi connectivity index (χ1n) is 10.7. The fraction of sp³-hybridized carbons (Fsp3) is 0.632. The molecular weight excluding hydrogens is 482 g/mol. The largest absolute Gasteiger partial charge is 0.487 e. The highest BCUT2D eigenvalue weighted by molar-refractivity contribution is 5.89. The Labute approximate surface area is 205 Å². The molecule has 0 amide bonds.